The largest absolute Gasteiger partial charge is 0.351 e. The second-order valence-corrected chi connectivity index (χ2v) is 5.58. The van der Waals surface area contributed by atoms with E-state index in [9.17, 15) is 13.6 Å². The fourth-order valence-electron chi connectivity index (χ4n) is 1.77. The van der Waals surface area contributed by atoms with Crippen molar-refractivity contribution in [3.63, 3.8) is 0 Å². The second-order valence-electron chi connectivity index (χ2n) is 4.79. The van der Waals surface area contributed by atoms with E-state index in [4.69, 9.17) is 0 Å². The molecule has 0 bridgehead atoms. The Morgan fingerprint density at radius 2 is 2.11 bits per heavy atom. The summed E-state index contributed by atoms with van der Waals surface area (Å²) in [5, 5.41) is 3.65. The fraction of sp³-hybridized carbons (Fsp3) is 0.500. The SMILES string of the molecule is CCC(C)(CCBr)NC(=O)Cc1cccc(F)c1F. The maximum absolute atomic E-state index is 13.5. The number of alkyl halides is 1. The highest BCUT2D eigenvalue weighted by molar-refractivity contribution is 9.09. The number of halogens is 3. The number of amides is 1. The maximum atomic E-state index is 13.5. The van der Waals surface area contributed by atoms with Crippen LogP contribution < -0.4 is 5.32 Å². The van der Waals surface area contributed by atoms with Gasteiger partial charge in [-0.05, 0) is 25.8 Å². The highest BCUT2D eigenvalue weighted by atomic mass is 79.9. The highest BCUT2D eigenvalue weighted by Crippen LogP contribution is 2.17. The Hall–Kier alpha value is -0.970. The zero-order valence-corrected chi connectivity index (χ0v) is 12.7. The number of benzene rings is 1. The van der Waals surface area contributed by atoms with E-state index in [0.29, 0.717) is 0 Å². The molecule has 1 aromatic carbocycles. The summed E-state index contributed by atoms with van der Waals surface area (Å²) in [4.78, 5) is 11.9. The van der Waals surface area contributed by atoms with E-state index in [1.807, 2.05) is 13.8 Å². The van der Waals surface area contributed by atoms with Crippen molar-refractivity contribution >= 4 is 21.8 Å². The highest BCUT2D eigenvalue weighted by Gasteiger charge is 2.24. The molecule has 0 aliphatic carbocycles. The molecule has 0 fully saturated rings. The number of hydrogen-bond donors (Lipinski definition) is 1. The van der Waals surface area contributed by atoms with Gasteiger partial charge in [0, 0.05) is 16.4 Å². The van der Waals surface area contributed by atoms with Gasteiger partial charge in [0.05, 0.1) is 6.42 Å². The normalized spacial score (nSPS) is 13.9. The van der Waals surface area contributed by atoms with Crippen LogP contribution in [0.3, 0.4) is 0 Å². The quantitative estimate of drug-likeness (QED) is 0.792. The molecule has 0 aliphatic rings. The van der Waals surface area contributed by atoms with Gasteiger partial charge in [0.2, 0.25) is 5.91 Å². The lowest BCUT2D eigenvalue weighted by atomic mass is 9.95. The Bertz CT molecular complexity index is 453. The number of carbonyl (C=O) groups is 1. The number of rotatable bonds is 6. The van der Waals surface area contributed by atoms with Gasteiger partial charge in [-0.1, -0.05) is 35.0 Å². The number of nitrogens with one attached hydrogen (secondary N) is 1. The predicted octanol–water partition coefficient (Wildman–Crippen LogP) is 3.58. The summed E-state index contributed by atoms with van der Waals surface area (Å²) in [5.74, 6) is -2.17. The maximum Gasteiger partial charge on any atom is 0.224 e. The zero-order valence-electron chi connectivity index (χ0n) is 11.1. The van der Waals surface area contributed by atoms with Gasteiger partial charge < -0.3 is 5.32 Å². The van der Waals surface area contributed by atoms with Crippen LogP contribution in [0.25, 0.3) is 0 Å². The van der Waals surface area contributed by atoms with E-state index < -0.39 is 11.6 Å². The summed E-state index contributed by atoms with van der Waals surface area (Å²) < 4.78 is 26.5. The molecule has 0 saturated carbocycles. The van der Waals surface area contributed by atoms with Gasteiger partial charge in [-0.25, -0.2) is 8.78 Å². The molecule has 1 unspecified atom stereocenters. The predicted molar refractivity (Wildman–Crippen MR) is 75.3 cm³/mol. The van der Waals surface area contributed by atoms with Crippen LogP contribution in [-0.4, -0.2) is 16.8 Å². The zero-order chi connectivity index (χ0) is 14.5. The van der Waals surface area contributed by atoms with E-state index in [0.717, 1.165) is 24.2 Å². The van der Waals surface area contributed by atoms with E-state index in [2.05, 4.69) is 21.2 Å². The molecule has 106 valence electrons. The Labute approximate surface area is 120 Å². The van der Waals surface area contributed by atoms with Gasteiger partial charge >= 0.3 is 0 Å². The van der Waals surface area contributed by atoms with Crippen LogP contribution in [0.4, 0.5) is 8.78 Å². The van der Waals surface area contributed by atoms with E-state index in [1.54, 1.807) is 0 Å². The minimum Gasteiger partial charge on any atom is -0.351 e. The molecule has 0 saturated heterocycles. The first-order valence-corrected chi connectivity index (χ1v) is 7.34. The van der Waals surface area contributed by atoms with E-state index in [-0.39, 0.29) is 23.4 Å². The molecule has 0 aliphatic heterocycles. The van der Waals surface area contributed by atoms with Crippen LogP contribution in [0.5, 0.6) is 0 Å². The molecule has 19 heavy (non-hydrogen) atoms. The number of carbonyl (C=O) groups excluding carboxylic acids is 1. The topological polar surface area (TPSA) is 29.1 Å². The first-order valence-electron chi connectivity index (χ1n) is 6.21. The van der Waals surface area contributed by atoms with Gasteiger partial charge in [-0.3, -0.25) is 4.79 Å². The van der Waals surface area contributed by atoms with Crippen molar-refractivity contribution in [1.29, 1.82) is 0 Å². The Morgan fingerprint density at radius 1 is 1.42 bits per heavy atom. The third-order valence-electron chi connectivity index (χ3n) is 3.25. The van der Waals surface area contributed by atoms with E-state index >= 15 is 0 Å². The lowest BCUT2D eigenvalue weighted by Crippen LogP contribution is -2.46. The van der Waals surface area contributed by atoms with Crippen LogP contribution in [0.15, 0.2) is 18.2 Å². The fourth-order valence-corrected chi connectivity index (χ4v) is 2.65. The molecule has 1 rings (SSSR count). The van der Waals surface area contributed by atoms with Gasteiger partial charge in [-0.2, -0.15) is 0 Å². The molecule has 0 spiro atoms. The lowest BCUT2D eigenvalue weighted by Gasteiger charge is -2.29. The molecule has 0 heterocycles. The molecule has 1 N–H and O–H groups in total. The smallest absolute Gasteiger partial charge is 0.224 e. The lowest BCUT2D eigenvalue weighted by molar-refractivity contribution is -0.122. The third kappa shape index (κ3) is 4.56. The molecule has 0 radical (unpaired) electrons. The molecular weight excluding hydrogens is 316 g/mol. The third-order valence-corrected chi connectivity index (χ3v) is 3.65. The monoisotopic (exact) mass is 333 g/mol. The Morgan fingerprint density at radius 3 is 2.68 bits per heavy atom. The molecule has 2 nitrogen and oxygen atoms in total. The first-order chi connectivity index (χ1) is 8.91. The molecule has 1 aromatic rings. The van der Waals surface area contributed by atoms with Crippen LogP contribution in [0.2, 0.25) is 0 Å². The van der Waals surface area contributed by atoms with Gasteiger partial charge in [0.1, 0.15) is 0 Å². The van der Waals surface area contributed by atoms with Crippen molar-refractivity contribution in [1.82, 2.24) is 5.32 Å². The van der Waals surface area contributed by atoms with Gasteiger partial charge in [-0.15, -0.1) is 0 Å². The average Bonchev–Trinajstić information content (AvgIpc) is 2.35. The summed E-state index contributed by atoms with van der Waals surface area (Å²) >= 11 is 3.34. The summed E-state index contributed by atoms with van der Waals surface area (Å²) in [6.07, 6.45) is 1.40. The van der Waals surface area contributed by atoms with Gasteiger partial charge in [0.15, 0.2) is 11.6 Å². The summed E-state index contributed by atoms with van der Waals surface area (Å²) in [6.45, 7) is 3.92. The molecule has 0 aromatic heterocycles. The minimum atomic E-state index is -0.948. The summed E-state index contributed by atoms with van der Waals surface area (Å²) in [7, 11) is 0. The van der Waals surface area contributed by atoms with Crippen molar-refractivity contribution in [3.05, 3.63) is 35.4 Å². The van der Waals surface area contributed by atoms with Crippen molar-refractivity contribution in [2.24, 2.45) is 0 Å². The van der Waals surface area contributed by atoms with Crippen molar-refractivity contribution in [2.45, 2.75) is 38.6 Å². The van der Waals surface area contributed by atoms with Crippen molar-refractivity contribution < 1.29 is 13.6 Å². The second kappa shape index (κ2) is 6.98. The average molecular weight is 334 g/mol. The standard InChI is InChI=1S/C14H18BrF2NO/c1-3-14(2,7-8-15)18-12(19)9-10-5-4-6-11(16)13(10)17/h4-6H,3,7-9H2,1-2H3,(H,18,19). The van der Waals surface area contributed by atoms with Crippen molar-refractivity contribution in [3.8, 4) is 0 Å². The molecule has 1 atom stereocenters. The molecule has 1 amide bonds. The van der Waals surface area contributed by atoms with Crippen LogP contribution >= 0.6 is 15.9 Å². The summed E-state index contributed by atoms with van der Waals surface area (Å²) in [5.41, 5.74) is -0.250. The Kier molecular flexibility index (Phi) is 5.91. The van der Waals surface area contributed by atoms with Crippen LogP contribution in [-0.2, 0) is 11.2 Å². The minimum absolute atomic E-state index is 0.0785. The van der Waals surface area contributed by atoms with E-state index in [1.165, 1.54) is 12.1 Å². The number of hydrogen-bond acceptors (Lipinski definition) is 1. The molecule has 5 heteroatoms. The van der Waals surface area contributed by atoms with Crippen LogP contribution in [0, 0.1) is 11.6 Å². The first kappa shape index (κ1) is 16.1. The summed E-state index contributed by atoms with van der Waals surface area (Å²) in [6, 6.07) is 3.86. The van der Waals surface area contributed by atoms with Crippen molar-refractivity contribution in [2.75, 3.05) is 5.33 Å². The van der Waals surface area contributed by atoms with Crippen LogP contribution in [0.1, 0.15) is 32.3 Å². The van der Waals surface area contributed by atoms with Gasteiger partial charge in [0.25, 0.3) is 0 Å². The molecular formula is C14H18BrF2NO. The Balaban J connectivity index is 2.72.